The number of nitrogens with one attached hydrogen (secondary N) is 2. The molecular weight excluding hydrogens is 290 g/mol. The Hall–Kier alpha value is -1.83. The second-order valence-corrected chi connectivity index (χ2v) is 7.13. The third-order valence-corrected chi connectivity index (χ3v) is 4.19. The number of morpholine rings is 1. The van der Waals surface area contributed by atoms with Gasteiger partial charge in [0.2, 0.25) is 0 Å². The van der Waals surface area contributed by atoms with Gasteiger partial charge in [-0.15, -0.1) is 0 Å². The number of carbonyl (C=O) groups is 3. The fraction of sp³-hybridized carbons (Fsp3) is 0.786. The molecule has 3 saturated heterocycles. The van der Waals surface area contributed by atoms with Crippen molar-refractivity contribution in [2.75, 3.05) is 13.2 Å². The predicted molar refractivity (Wildman–Crippen MR) is 75.1 cm³/mol. The lowest BCUT2D eigenvalue weighted by Gasteiger charge is -2.50. The van der Waals surface area contributed by atoms with Gasteiger partial charge >= 0.3 is 12.1 Å². The van der Waals surface area contributed by atoms with Crippen molar-refractivity contribution in [1.29, 1.82) is 0 Å². The highest BCUT2D eigenvalue weighted by Crippen LogP contribution is 2.37. The first-order valence-electron chi connectivity index (χ1n) is 7.43. The van der Waals surface area contributed by atoms with E-state index in [1.54, 1.807) is 4.90 Å². The van der Waals surface area contributed by atoms with E-state index in [-0.39, 0.29) is 18.0 Å². The van der Waals surface area contributed by atoms with Crippen LogP contribution in [0.4, 0.5) is 9.59 Å². The van der Waals surface area contributed by atoms with E-state index < -0.39 is 23.3 Å². The maximum Gasteiger partial charge on any atom is 0.410 e. The van der Waals surface area contributed by atoms with Crippen LogP contribution >= 0.6 is 0 Å². The third-order valence-electron chi connectivity index (χ3n) is 4.19. The summed E-state index contributed by atoms with van der Waals surface area (Å²) >= 11 is 0. The van der Waals surface area contributed by atoms with E-state index in [1.165, 1.54) is 0 Å². The average molecular weight is 311 g/mol. The molecule has 2 bridgehead atoms. The molecule has 0 aromatic rings. The van der Waals surface area contributed by atoms with Gasteiger partial charge in [0, 0.05) is 12.8 Å². The summed E-state index contributed by atoms with van der Waals surface area (Å²) in [5, 5.41) is 5.01. The molecule has 2 atom stereocenters. The molecule has 3 fully saturated rings. The van der Waals surface area contributed by atoms with Crippen molar-refractivity contribution in [3.8, 4) is 0 Å². The lowest BCUT2D eigenvalue weighted by Crippen LogP contribution is -2.68. The molecule has 122 valence electrons. The van der Waals surface area contributed by atoms with Crippen LogP contribution in [0.25, 0.3) is 0 Å². The zero-order valence-corrected chi connectivity index (χ0v) is 13.0. The number of rotatable bonds is 0. The van der Waals surface area contributed by atoms with Crippen molar-refractivity contribution in [2.45, 2.75) is 56.8 Å². The molecule has 3 aliphatic rings. The predicted octanol–water partition coefficient (Wildman–Crippen LogP) is 0.363. The van der Waals surface area contributed by atoms with Gasteiger partial charge < -0.3 is 14.8 Å². The van der Waals surface area contributed by atoms with Crippen LogP contribution in [0.1, 0.15) is 33.6 Å². The molecule has 0 aromatic heterocycles. The van der Waals surface area contributed by atoms with E-state index in [0.717, 1.165) is 0 Å². The Labute approximate surface area is 128 Å². The van der Waals surface area contributed by atoms with Crippen molar-refractivity contribution in [3.05, 3.63) is 0 Å². The molecule has 0 aliphatic carbocycles. The number of piperidine rings is 1. The van der Waals surface area contributed by atoms with Gasteiger partial charge in [-0.3, -0.25) is 15.0 Å². The molecule has 0 aromatic carbocycles. The smallest absolute Gasteiger partial charge is 0.410 e. The molecule has 1 spiro atoms. The second kappa shape index (κ2) is 4.84. The van der Waals surface area contributed by atoms with Gasteiger partial charge in [-0.1, -0.05) is 0 Å². The summed E-state index contributed by atoms with van der Waals surface area (Å²) in [6.45, 7) is 6.11. The third kappa shape index (κ3) is 2.51. The number of ether oxygens (including phenoxy) is 2. The van der Waals surface area contributed by atoms with Gasteiger partial charge in [0.1, 0.15) is 11.1 Å². The quantitative estimate of drug-likeness (QED) is 0.630. The number of urea groups is 1. The molecular formula is C14H21N3O5. The van der Waals surface area contributed by atoms with Crippen molar-refractivity contribution < 1.29 is 23.9 Å². The van der Waals surface area contributed by atoms with Gasteiger partial charge in [-0.25, -0.2) is 9.59 Å². The molecule has 8 nitrogen and oxygen atoms in total. The van der Waals surface area contributed by atoms with Crippen LogP contribution in [-0.4, -0.2) is 59.4 Å². The number of hydrogen-bond donors (Lipinski definition) is 2. The monoisotopic (exact) mass is 311 g/mol. The Kier molecular flexibility index (Phi) is 3.32. The highest BCUT2D eigenvalue weighted by molar-refractivity contribution is 6.07. The second-order valence-electron chi connectivity index (χ2n) is 7.13. The van der Waals surface area contributed by atoms with Gasteiger partial charge in [0.15, 0.2) is 0 Å². The number of hydrogen-bond acceptors (Lipinski definition) is 5. The Bertz CT molecular complexity index is 513. The van der Waals surface area contributed by atoms with E-state index >= 15 is 0 Å². The summed E-state index contributed by atoms with van der Waals surface area (Å²) in [6, 6.07) is -1.05. The minimum atomic E-state index is -0.936. The van der Waals surface area contributed by atoms with Crippen LogP contribution in [0.2, 0.25) is 0 Å². The molecule has 3 rings (SSSR count). The topological polar surface area (TPSA) is 97.0 Å². The van der Waals surface area contributed by atoms with E-state index in [9.17, 15) is 14.4 Å². The van der Waals surface area contributed by atoms with E-state index in [1.807, 2.05) is 20.8 Å². The normalized spacial score (nSPS) is 34.4. The zero-order valence-electron chi connectivity index (χ0n) is 13.0. The zero-order chi connectivity index (χ0) is 16.1. The minimum absolute atomic E-state index is 0.286. The van der Waals surface area contributed by atoms with Crippen LogP contribution in [0.5, 0.6) is 0 Å². The molecule has 8 heteroatoms. The molecule has 2 N–H and O–H groups in total. The first-order chi connectivity index (χ1) is 10.2. The number of fused-ring (bicyclic) bond motifs is 2. The fourth-order valence-electron chi connectivity index (χ4n) is 3.43. The summed E-state index contributed by atoms with van der Waals surface area (Å²) < 4.78 is 11.0. The molecule has 3 aliphatic heterocycles. The Morgan fingerprint density at radius 1 is 1.27 bits per heavy atom. The minimum Gasteiger partial charge on any atom is -0.444 e. The molecule has 0 saturated carbocycles. The Morgan fingerprint density at radius 2 is 1.86 bits per heavy atom. The van der Waals surface area contributed by atoms with Gasteiger partial charge in [-0.05, 0) is 20.8 Å². The van der Waals surface area contributed by atoms with Crippen LogP contribution in [0, 0.1) is 0 Å². The van der Waals surface area contributed by atoms with E-state index in [2.05, 4.69) is 10.6 Å². The molecule has 22 heavy (non-hydrogen) atoms. The first-order valence-corrected chi connectivity index (χ1v) is 7.43. The molecule has 2 unspecified atom stereocenters. The first kappa shape index (κ1) is 15.1. The SMILES string of the molecule is CC(C)(C)OC(=O)N1C2COCC1CC1(C2)NC(=O)NC1=O. The Balaban J connectivity index is 1.81. The summed E-state index contributed by atoms with van der Waals surface area (Å²) in [6.07, 6.45) is 0.269. The van der Waals surface area contributed by atoms with Crippen molar-refractivity contribution in [1.82, 2.24) is 15.5 Å². The number of carbonyl (C=O) groups excluding carboxylic acids is 3. The standard InChI is InChI=1S/C14H21N3O5/c1-13(2,3)22-12(20)17-8-4-14(5-9(17)7-21-6-8)10(18)15-11(19)16-14/h8-9H,4-7H2,1-3H3,(H2,15,16,18,19). The summed E-state index contributed by atoms with van der Waals surface area (Å²) in [4.78, 5) is 37.7. The average Bonchev–Trinajstić information content (AvgIpc) is 2.60. The highest BCUT2D eigenvalue weighted by atomic mass is 16.6. The van der Waals surface area contributed by atoms with Gasteiger partial charge in [0.25, 0.3) is 5.91 Å². The van der Waals surface area contributed by atoms with Gasteiger partial charge in [0.05, 0.1) is 25.3 Å². The molecule has 3 heterocycles. The van der Waals surface area contributed by atoms with Crippen LogP contribution in [0.3, 0.4) is 0 Å². The highest BCUT2D eigenvalue weighted by Gasteiger charge is 2.56. The molecule has 4 amide bonds. The number of amides is 4. The Morgan fingerprint density at radius 3 is 2.32 bits per heavy atom. The van der Waals surface area contributed by atoms with Crippen molar-refractivity contribution >= 4 is 18.0 Å². The summed E-state index contributed by atoms with van der Waals surface area (Å²) in [7, 11) is 0. The summed E-state index contributed by atoms with van der Waals surface area (Å²) in [5.41, 5.74) is -1.52. The molecule has 0 radical (unpaired) electrons. The maximum atomic E-state index is 12.4. The van der Waals surface area contributed by atoms with Crippen LogP contribution in [0.15, 0.2) is 0 Å². The van der Waals surface area contributed by atoms with Gasteiger partial charge in [-0.2, -0.15) is 0 Å². The van der Waals surface area contributed by atoms with E-state index in [0.29, 0.717) is 26.1 Å². The van der Waals surface area contributed by atoms with Crippen molar-refractivity contribution in [3.63, 3.8) is 0 Å². The fourth-order valence-corrected chi connectivity index (χ4v) is 3.43. The van der Waals surface area contributed by atoms with E-state index in [4.69, 9.17) is 9.47 Å². The number of nitrogens with zero attached hydrogens (tertiary/aromatic N) is 1. The van der Waals surface area contributed by atoms with Crippen molar-refractivity contribution in [2.24, 2.45) is 0 Å². The van der Waals surface area contributed by atoms with Crippen LogP contribution in [-0.2, 0) is 14.3 Å². The largest absolute Gasteiger partial charge is 0.444 e. The summed E-state index contributed by atoms with van der Waals surface area (Å²) in [5.74, 6) is -0.321. The maximum absolute atomic E-state index is 12.4. The number of imide groups is 1. The lowest BCUT2D eigenvalue weighted by atomic mass is 9.78. The van der Waals surface area contributed by atoms with Crippen LogP contribution < -0.4 is 10.6 Å². The lowest BCUT2D eigenvalue weighted by molar-refractivity contribution is -0.134.